The van der Waals surface area contributed by atoms with Crippen LogP contribution in [0.5, 0.6) is 17.2 Å². The highest BCUT2D eigenvalue weighted by Gasteiger charge is 2.21. The smallest absolute Gasteiger partial charge is 0.338 e. The van der Waals surface area contributed by atoms with Gasteiger partial charge in [-0.3, -0.25) is 4.79 Å². The number of ether oxygens (including phenoxy) is 3. The topological polar surface area (TPSA) is 94.1 Å². The third kappa shape index (κ3) is 4.41. The Kier molecular flexibility index (Phi) is 5.03. The van der Waals surface area contributed by atoms with Crippen molar-refractivity contribution in [2.24, 2.45) is 0 Å². The molecule has 0 bridgehead atoms. The summed E-state index contributed by atoms with van der Waals surface area (Å²) in [5.74, 6) is 0.279. The predicted molar refractivity (Wildman–Crippen MR) is 87.8 cm³/mol. The molecule has 1 atom stereocenters. The fourth-order valence-electron chi connectivity index (χ4n) is 2.25. The summed E-state index contributed by atoms with van der Waals surface area (Å²) < 4.78 is 16.2. The number of phenolic OH excluding ortho intramolecular Hbond substituents is 1. The molecule has 0 aromatic heterocycles. The van der Waals surface area contributed by atoms with Crippen molar-refractivity contribution in [1.82, 2.24) is 5.32 Å². The van der Waals surface area contributed by atoms with Crippen molar-refractivity contribution in [3.8, 4) is 17.2 Å². The van der Waals surface area contributed by atoms with Gasteiger partial charge in [0.25, 0.3) is 5.91 Å². The summed E-state index contributed by atoms with van der Waals surface area (Å²) in [6.07, 6.45) is -0.313. The molecule has 2 N–H and O–H groups in total. The van der Waals surface area contributed by atoms with Crippen molar-refractivity contribution in [1.29, 1.82) is 0 Å². The zero-order valence-electron chi connectivity index (χ0n) is 13.3. The summed E-state index contributed by atoms with van der Waals surface area (Å²) in [7, 11) is 0. The molecule has 0 saturated heterocycles. The second-order valence-electron chi connectivity index (χ2n) is 5.42. The van der Waals surface area contributed by atoms with Gasteiger partial charge in [0.15, 0.2) is 18.1 Å². The summed E-state index contributed by atoms with van der Waals surface area (Å²) in [5.41, 5.74) is 0.256. The van der Waals surface area contributed by atoms with Gasteiger partial charge >= 0.3 is 5.97 Å². The van der Waals surface area contributed by atoms with Crippen LogP contribution >= 0.6 is 0 Å². The van der Waals surface area contributed by atoms with E-state index in [4.69, 9.17) is 14.2 Å². The van der Waals surface area contributed by atoms with Crippen LogP contribution in [-0.4, -0.2) is 42.8 Å². The third-order valence-electron chi connectivity index (χ3n) is 3.53. The Labute approximate surface area is 144 Å². The molecule has 2 aromatic rings. The first-order valence-corrected chi connectivity index (χ1v) is 7.73. The first kappa shape index (κ1) is 16.6. The Morgan fingerprint density at radius 3 is 2.60 bits per heavy atom. The number of hydrogen-bond donors (Lipinski definition) is 2. The number of amides is 1. The van der Waals surface area contributed by atoms with E-state index >= 15 is 0 Å². The normalized spacial score (nSPS) is 15.3. The molecule has 0 spiro atoms. The number of carbonyl (C=O) groups is 2. The molecule has 25 heavy (non-hydrogen) atoms. The largest absolute Gasteiger partial charge is 0.508 e. The summed E-state index contributed by atoms with van der Waals surface area (Å²) in [6.45, 7) is 0.165. The molecule has 1 heterocycles. The van der Waals surface area contributed by atoms with Crippen LogP contribution in [0.4, 0.5) is 0 Å². The van der Waals surface area contributed by atoms with Crippen LogP contribution in [0.2, 0.25) is 0 Å². The molecule has 7 heteroatoms. The molecular weight excluding hydrogens is 326 g/mol. The van der Waals surface area contributed by atoms with Crippen molar-refractivity contribution in [3.63, 3.8) is 0 Å². The molecule has 2 aromatic carbocycles. The minimum Gasteiger partial charge on any atom is -0.508 e. The molecular formula is C18H17NO6. The van der Waals surface area contributed by atoms with Crippen molar-refractivity contribution in [3.05, 3.63) is 54.1 Å². The van der Waals surface area contributed by atoms with Crippen molar-refractivity contribution in [2.75, 3.05) is 19.8 Å². The molecule has 7 nitrogen and oxygen atoms in total. The van der Waals surface area contributed by atoms with Crippen molar-refractivity contribution in [2.45, 2.75) is 6.10 Å². The van der Waals surface area contributed by atoms with E-state index in [1.807, 2.05) is 18.2 Å². The first-order chi connectivity index (χ1) is 12.1. The van der Waals surface area contributed by atoms with Crippen LogP contribution in [0.3, 0.4) is 0 Å². The van der Waals surface area contributed by atoms with Gasteiger partial charge in [0.05, 0.1) is 12.1 Å². The number of phenols is 1. The van der Waals surface area contributed by atoms with Crippen LogP contribution < -0.4 is 14.8 Å². The third-order valence-corrected chi connectivity index (χ3v) is 3.53. The average molecular weight is 343 g/mol. The second kappa shape index (κ2) is 7.57. The Hall–Kier alpha value is -3.22. The fraction of sp³-hybridized carbons (Fsp3) is 0.222. The highest BCUT2D eigenvalue weighted by Crippen LogP contribution is 2.30. The van der Waals surface area contributed by atoms with Crippen LogP contribution in [0.15, 0.2) is 48.5 Å². The summed E-state index contributed by atoms with van der Waals surface area (Å²) in [5, 5.41) is 11.8. The molecule has 0 aliphatic carbocycles. The van der Waals surface area contributed by atoms with E-state index in [9.17, 15) is 14.7 Å². The lowest BCUT2D eigenvalue weighted by molar-refractivity contribution is -0.124. The van der Waals surface area contributed by atoms with Gasteiger partial charge in [-0.15, -0.1) is 0 Å². The number of rotatable bonds is 5. The monoisotopic (exact) mass is 343 g/mol. The Bertz CT molecular complexity index is 758. The summed E-state index contributed by atoms with van der Waals surface area (Å²) in [6, 6.07) is 12.9. The molecule has 3 rings (SSSR count). The van der Waals surface area contributed by atoms with E-state index < -0.39 is 18.5 Å². The van der Waals surface area contributed by atoms with E-state index in [0.29, 0.717) is 18.1 Å². The van der Waals surface area contributed by atoms with Crippen LogP contribution in [0.1, 0.15) is 10.4 Å². The van der Waals surface area contributed by atoms with Gasteiger partial charge in [-0.25, -0.2) is 4.79 Å². The quantitative estimate of drug-likeness (QED) is 0.799. The van der Waals surface area contributed by atoms with Gasteiger partial charge in [0, 0.05) is 0 Å². The van der Waals surface area contributed by atoms with Gasteiger partial charge in [-0.05, 0) is 36.4 Å². The van der Waals surface area contributed by atoms with Gasteiger partial charge < -0.3 is 24.6 Å². The maximum atomic E-state index is 11.8. The van der Waals surface area contributed by atoms with Crippen molar-refractivity contribution >= 4 is 11.9 Å². The lowest BCUT2D eigenvalue weighted by Gasteiger charge is -2.26. The highest BCUT2D eigenvalue weighted by molar-refractivity contribution is 5.91. The Morgan fingerprint density at radius 2 is 1.84 bits per heavy atom. The number of fused-ring (bicyclic) bond motifs is 1. The Balaban J connectivity index is 1.41. The van der Waals surface area contributed by atoms with E-state index in [1.165, 1.54) is 24.3 Å². The molecule has 0 fully saturated rings. The zero-order valence-corrected chi connectivity index (χ0v) is 13.3. The lowest BCUT2D eigenvalue weighted by Crippen LogP contribution is -2.42. The number of aromatic hydroxyl groups is 1. The fourth-order valence-corrected chi connectivity index (χ4v) is 2.25. The molecule has 0 radical (unpaired) electrons. The predicted octanol–water partition coefficient (Wildman–Crippen LogP) is 1.51. The summed E-state index contributed by atoms with van der Waals surface area (Å²) in [4.78, 5) is 23.6. The number of para-hydroxylation sites is 2. The number of esters is 1. The molecule has 1 aliphatic rings. The van der Waals surface area contributed by atoms with E-state index in [0.717, 1.165) is 0 Å². The summed E-state index contributed by atoms with van der Waals surface area (Å²) >= 11 is 0. The minimum atomic E-state index is -0.638. The van der Waals surface area contributed by atoms with E-state index in [2.05, 4.69) is 5.32 Å². The van der Waals surface area contributed by atoms with Crippen molar-refractivity contribution < 1.29 is 28.9 Å². The number of carbonyl (C=O) groups excluding carboxylic acids is 2. The first-order valence-electron chi connectivity index (χ1n) is 7.73. The van der Waals surface area contributed by atoms with Crippen LogP contribution in [-0.2, 0) is 9.53 Å². The van der Waals surface area contributed by atoms with Gasteiger partial charge in [-0.2, -0.15) is 0 Å². The maximum absolute atomic E-state index is 11.8. The maximum Gasteiger partial charge on any atom is 0.338 e. The van der Waals surface area contributed by atoms with E-state index in [-0.39, 0.29) is 24.0 Å². The molecule has 1 aliphatic heterocycles. The van der Waals surface area contributed by atoms with Gasteiger partial charge in [0.1, 0.15) is 18.5 Å². The SMILES string of the molecule is O=C(COC(=O)c1ccc(O)cc1)NC[C@@H]1COc2ccccc2O1. The molecule has 1 amide bonds. The second-order valence-corrected chi connectivity index (χ2v) is 5.42. The number of benzene rings is 2. The minimum absolute atomic E-state index is 0.0468. The average Bonchev–Trinajstić information content (AvgIpc) is 2.65. The van der Waals surface area contributed by atoms with Crippen LogP contribution in [0, 0.1) is 0 Å². The molecule has 0 saturated carbocycles. The van der Waals surface area contributed by atoms with Gasteiger partial charge in [-0.1, -0.05) is 12.1 Å². The number of nitrogens with one attached hydrogen (secondary N) is 1. The van der Waals surface area contributed by atoms with Crippen LogP contribution in [0.25, 0.3) is 0 Å². The zero-order chi connectivity index (χ0) is 17.6. The standard InChI is InChI=1S/C18H17NO6/c20-13-7-5-12(6-8-13)18(22)24-11-17(21)19-9-14-10-23-15-3-1-2-4-16(15)25-14/h1-8,14,20H,9-11H2,(H,19,21)/t14-/m1/s1. The number of hydrogen-bond acceptors (Lipinski definition) is 6. The molecule has 0 unspecified atom stereocenters. The molecule has 130 valence electrons. The Morgan fingerprint density at radius 1 is 1.12 bits per heavy atom. The van der Waals surface area contributed by atoms with Gasteiger partial charge in [0.2, 0.25) is 0 Å². The highest BCUT2D eigenvalue weighted by atomic mass is 16.6. The van der Waals surface area contributed by atoms with E-state index in [1.54, 1.807) is 6.07 Å². The lowest BCUT2D eigenvalue weighted by atomic mass is 10.2.